The van der Waals surface area contributed by atoms with Crippen molar-refractivity contribution in [3.05, 3.63) is 5.82 Å². The molecule has 1 aliphatic rings. The Morgan fingerprint density at radius 3 is 2.69 bits per heavy atom. The van der Waals surface area contributed by atoms with Crippen LogP contribution in [0.4, 0.5) is 5.13 Å². The van der Waals surface area contributed by atoms with Gasteiger partial charge in [0.1, 0.15) is 5.82 Å². The summed E-state index contributed by atoms with van der Waals surface area (Å²) in [6, 6.07) is 0. The summed E-state index contributed by atoms with van der Waals surface area (Å²) < 4.78 is 4.36. The zero-order valence-electron chi connectivity index (χ0n) is 10.2. The predicted octanol–water partition coefficient (Wildman–Crippen LogP) is 1.98. The number of hydrogen-bond donors (Lipinski definition) is 1. The van der Waals surface area contributed by atoms with Gasteiger partial charge in [-0.2, -0.15) is 4.37 Å². The number of hydrogen-bond acceptors (Lipinski definition) is 5. The molecule has 2 rings (SSSR count). The fourth-order valence-corrected chi connectivity index (χ4v) is 2.90. The van der Waals surface area contributed by atoms with Gasteiger partial charge in [-0.05, 0) is 6.42 Å². The van der Waals surface area contributed by atoms with E-state index in [0.717, 1.165) is 36.9 Å². The van der Waals surface area contributed by atoms with Crippen LogP contribution in [-0.2, 0) is 0 Å². The van der Waals surface area contributed by atoms with Gasteiger partial charge in [0, 0.05) is 30.5 Å². The first-order chi connectivity index (χ1) is 7.54. The third kappa shape index (κ3) is 2.20. The van der Waals surface area contributed by atoms with E-state index in [1.54, 1.807) is 0 Å². The summed E-state index contributed by atoms with van der Waals surface area (Å²) >= 11 is 1.49. The van der Waals surface area contributed by atoms with E-state index >= 15 is 0 Å². The van der Waals surface area contributed by atoms with Gasteiger partial charge in [0.15, 0.2) is 0 Å². The van der Waals surface area contributed by atoms with Gasteiger partial charge < -0.3 is 10.6 Å². The lowest BCUT2D eigenvalue weighted by Crippen LogP contribution is -2.67. The van der Waals surface area contributed by atoms with Gasteiger partial charge in [-0.15, -0.1) is 0 Å². The molecule has 0 saturated carbocycles. The van der Waals surface area contributed by atoms with Gasteiger partial charge in [0.05, 0.1) is 5.54 Å². The average Bonchev–Trinajstić information content (AvgIpc) is 2.62. The monoisotopic (exact) mass is 240 g/mol. The molecule has 16 heavy (non-hydrogen) atoms. The fraction of sp³-hybridized carbons (Fsp3) is 0.818. The quantitative estimate of drug-likeness (QED) is 0.874. The van der Waals surface area contributed by atoms with Crippen molar-refractivity contribution >= 4 is 16.7 Å². The van der Waals surface area contributed by atoms with Crippen LogP contribution in [0.5, 0.6) is 0 Å². The Bertz CT molecular complexity index is 355. The van der Waals surface area contributed by atoms with Crippen molar-refractivity contribution in [2.24, 2.45) is 5.73 Å². The molecule has 1 fully saturated rings. The van der Waals surface area contributed by atoms with Crippen molar-refractivity contribution in [2.75, 3.05) is 18.0 Å². The van der Waals surface area contributed by atoms with E-state index in [1.165, 1.54) is 11.5 Å². The molecule has 1 aromatic rings. The van der Waals surface area contributed by atoms with Crippen LogP contribution >= 0.6 is 11.5 Å². The van der Waals surface area contributed by atoms with Gasteiger partial charge in [-0.3, -0.25) is 0 Å². The van der Waals surface area contributed by atoms with Crippen molar-refractivity contribution in [3.63, 3.8) is 0 Å². The third-order valence-electron chi connectivity index (χ3n) is 2.98. The minimum Gasteiger partial charge on any atom is -0.343 e. The van der Waals surface area contributed by atoms with E-state index in [2.05, 4.69) is 35.0 Å². The predicted molar refractivity (Wildman–Crippen MR) is 68.0 cm³/mol. The van der Waals surface area contributed by atoms with Gasteiger partial charge >= 0.3 is 0 Å². The lowest BCUT2D eigenvalue weighted by Gasteiger charge is -2.47. The van der Waals surface area contributed by atoms with Crippen molar-refractivity contribution in [3.8, 4) is 0 Å². The van der Waals surface area contributed by atoms with Crippen LogP contribution in [0.1, 0.15) is 45.4 Å². The zero-order valence-corrected chi connectivity index (χ0v) is 11.0. The van der Waals surface area contributed by atoms with Gasteiger partial charge in [0.25, 0.3) is 0 Å². The number of nitrogens with zero attached hydrogens (tertiary/aromatic N) is 3. The molecule has 0 atom stereocenters. The number of anilines is 1. The normalized spacial score (nSPS) is 18.9. The number of rotatable bonds is 4. The van der Waals surface area contributed by atoms with Crippen molar-refractivity contribution in [2.45, 2.75) is 45.1 Å². The Balaban J connectivity index is 1.96. The highest BCUT2D eigenvalue weighted by Gasteiger charge is 2.40. The van der Waals surface area contributed by atoms with Crippen LogP contribution in [-0.4, -0.2) is 28.0 Å². The van der Waals surface area contributed by atoms with Crippen LogP contribution in [0.2, 0.25) is 0 Å². The molecule has 0 aliphatic carbocycles. The third-order valence-corrected chi connectivity index (χ3v) is 3.77. The van der Waals surface area contributed by atoms with Crippen molar-refractivity contribution < 1.29 is 0 Å². The minimum atomic E-state index is 0.0123. The SMILES string of the molecule is CCCC1(N)CN(c2nc(C(C)C)ns2)C1. The van der Waals surface area contributed by atoms with E-state index in [1.807, 2.05) is 0 Å². The molecule has 0 unspecified atom stereocenters. The maximum Gasteiger partial charge on any atom is 0.205 e. The maximum absolute atomic E-state index is 6.22. The second-order valence-electron chi connectivity index (χ2n) is 5.06. The summed E-state index contributed by atoms with van der Waals surface area (Å²) in [5.74, 6) is 1.36. The molecule has 1 aliphatic heterocycles. The summed E-state index contributed by atoms with van der Waals surface area (Å²) in [4.78, 5) is 6.77. The van der Waals surface area contributed by atoms with Crippen LogP contribution < -0.4 is 10.6 Å². The second kappa shape index (κ2) is 4.30. The molecule has 1 saturated heterocycles. The number of aromatic nitrogens is 2. The van der Waals surface area contributed by atoms with E-state index in [-0.39, 0.29) is 5.54 Å². The van der Waals surface area contributed by atoms with Crippen LogP contribution in [0, 0.1) is 0 Å². The van der Waals surface area contributed by atoms with Gasteiger partial charge in [-0.25, -0.2) is 4.98 Å². The van der Waals surface area contributed by atoms with E-state index < -0.39 is 0 Å². The highest BCUT2D eigenvalue weighted by molar-refractivity contribution is 7.09. The molecule has 0 aromatic carbocycles. The summed E-state index contributed by atoms with van der Waals surface area (Å²) in [7, 11) is 0. The second-order valence-corrected chi connectivity index (χ2v) is 5.79. The van der Waals surface area contributed by atoms with E-state index in [4.69, 9.17) is 5.73 Å². The Kier molecular flexibility index (Phi) is 3.17. The summed E-state index contributed by atoms with van der Waals surface area (Å²) in [6.45, 7) is 8.26. The van der Waals surface area contributed by atoms with Gasteiger partial charge in [-0.1, -0.05) is 27.2 Å². The summed E-state index contributed by atoms with van der Waals surface area (Å²) in [6.07, 6.45) is 2.25. The van der Waals surface area contributed by atoms with Crippen LogP contribution in [0.25, 0.3) is 0 Å². The van der Waals surface area contributed by atoms with E-state index in [0.29, 0.717) is 5.92 Å². The molecule has 5 heteroatoms. The molecule has 0 bridgehead atoms. The average molecular weight is 240 g/mol. The molecular weight excluding hydrogens is 220 g/mol. The number of nitrogens with two attached hydrogens (primary N) is 1. The molecule has 0 amide bonds. The van der Waals surface area contributed by atoms with Gasteiger partial charge in [0.2, 0.25) is 5.13 Å². The van der Waals surface area contributed by atoms with Crippen molar-refractivity contribution in [1.29, 1.82) is 0 Å². The lowest BCUT2D eigenvalue weighted by molar-refractivity contribution is 0.307. The Morgan fingerprint density at radius 1 is 1.50 bits per heavy atom. The highest BCUT2D eigenvalue weighted by Crippen LogP contribution is 2.31. The molecule has 0 spiro atoms. The smallest absolute Gasteiger partial charge is 0.205 e. The van der Waals surface area contributed by atoms with Crippen LogP contribution in [0.15, 0.2) is 0 Å². The molecular formula is C11H20N4S. The Morgan fingerprint density at radius 2 is 2.19 bits per heavy atom. The van der Waals surface area contributed by atoms with Crippen LogP contribution in [0.3, 0.4) is 0 Å². The summed E-state index contributed by atoms with van der Waals surface area (Å²) in [5.41, 5.74) is 6.23. The molecule has 2 N–H and O–H groups in total. The first kappa shape index (κ1) is 11.8. The summed E-state index contributed by atoms with van der Waals surface area (Å²) in [5, 5.41) is 1.03. The molecule has 90 valence electrons. The maximum atomic E-state index is 6.22. The zero-order chi connectivity index (χ0) is 11.8. The first-order valence-corrected chi connectivity index (χ1v) is 6.69. The molecule has 1 aromatic heterocycles. The van der Waals surface area contributed by atoms with E-state index in [9.17, 15) is 0 Å². The Hall–Kier alpha value is -0.680. The largest absolute Gasteiger partial charge is 0.343 e. The first-order valence-electron chi connectivity index (χ1n) is 5.91. The topological polar surface area (TPSA) is 55.0 Å². The highest BCUT2D eigenvalue weighted by atomic mass is 32.1. The molecule has 2 heterocycles. The minimum absolute atomic E-state index is 0.0123. The molecule has 4 nitrogen and oxygen atoms in total. The molecule has 0 radical (unpaired) electrons. The standard InChI is InChI=1S/C11H20N4S/c1-4-5-11(12)6-15(7-11)10-13-9(8(2)3)14-16-10/h8H,4-7,12H2,1-3H3. The fourth-order valence-electron chi connectivity index (χ4n) is 2.09. The Labute approximate surface area is 101 Å². The lowest BCUT2D eigenvalue weighted by atomic mass is 9.87. The van der Waals surface area contributed by atoms with Crippen molar-refractivity contribution in [1.82, 2.24) is 9.36 Å².